The molecule has 0 amide bonds. The molecule has 1 aromatic carbocycles. The van der Waals surface area contributed by atoms with E-state index in [1.165, 1.54) is 24.0 Å². The summed E-state index contributed by atoms with van der Waals surface area (Å²) in [7, 11) is -3.28. The van der Waals surface area contributed by atoms with Crippen LogP contribution in [-0.2, 0) is 16.4 Å². The van der Waals surface area contributed by atoms with Gasteiger partial charge in [-0.05, 0) is 48.7 Å². The molecular formula is C23H24N6O3S. The molecule has 1 aliphatic rings. The minimum Gasteiger partial charge on any atom is -0.473 e. The van der Waals surface area contributed by atoms with Gasteiger partial charge in [-0.2, -0.15) is 5.26 Å². The average Bonchev–Trinajstić information content (AvgIpc) is 2.81. The molecule has 3 heterocycles. The molecule has 0 unspecified atom stereocenters. The third kappa shape index (κ3) is 5.83. The predicted molar refractivity (Wildman–Crippen MR) is 123 cm³/mol. The first-order valence-corrected chi connectivity index (χ1v) is 12.4. The Bertz CT molecular complexity index is 1240. The summed E-state index contributed by atoms with van der Waals surface area (Å²) in [5, 5.41) is 12.8. The molecule has 0 saturated carbocycles. The van der Waals surface area contributed by atoms with Crippen molar-refractivity contribution in [2.24, 2.45) is 0 Å². The van der Waals surface area contributed by atoms with Crippen LogP contribution in [0, 0.1) is 11.3 Å². The maximum absolute atomic E-state index is 11.6. The highest BCUT2D eigenvalue weighted by molar-refractivity contribution is 7.90. The van der Waals surface area contributed by atoms with Gasteiger partial charge >= 0.3 is 0 Å². The lowest BCUT2D eigenvalue weighted by Crippen LogP contribution is -2.38. The zero-order chi connectivity index (χ0) is 23.3. The number of ether oxygens (including phenoxy) is 1. The van der Waals surface area contributed by atoms with E-state index >= 15 is 0 Å². The number of hydrogen-bond donors (Lipinski definition) is 1. The first-order chi connectivity index (χ1) is 15.9. The van der Waals surface area contributed by atoms with Gasteiger partial charge in [0.15, 0.2) is 21.2 Å². The van der Waals surface area contributed by atoms with Crippen LogP contribution >= 0.6 is 0 Å². The molecule has 33 heavy (non-hydrogen) atoms. The standard InChI is InChI=1S/C23H24N6O3S/c1-33(30,31)20-6-4-18(5-7-20)28-22-21(13-24)23(27-16-26-22)32-19-8-11-29(12-9-19)15-17-3-2-10-25-14-17/h2-7,10,14,16,19H,8-9,11-12,15H2,1H3,(H,26,27,28). The van der Waals surface area contributed by atoms with E-state index in [0.717, 1.165) is 38.7 Å². The SMILES string of the molecule is CS(=O)(=O)c1ccc(Nc2ncnc(OC3CCN(Cc4cccnc4)CC3)c2C#N)cc1. The molecule has 0 spiro atoms. The molecule has 10 heteroatoms. The Labute approximate surface area is 193 Å². The molecule has 1 N–H and O–H groups in total. The molecule has 0 atom stereocenters. The van der Waals surface area contributed by atoms with Crippen molar-refractivity contribution in [3.63, 3.8) is 0 Å². The molecule has 0 bridgehead atoms. The van der Waals surface area contributed by atoms with Crippen LogP contribution in [0.1, 0.15) is 24.0 Å². The third-order valence-corrected chi connectivity index (χ3v) is 6.54. The zero-order valence-electron chi connectivity index (χ0n) is 18.2. The Morgan fingerprint density at radius 2 is 1.94 bits per heavy atom. The van der Waals surface area contributed by atoms with Gasteiger partial charge in [0.2, 0.25) is 5.88 Å². The van der Waals surface area contributed by atoms with Crippen LogP contribution in [0.2, 0.25) is 0 Å². The summed E-state index contributed by atoms with van der Waals surface area (Å²) in [6, 6.07) is 12.4. The summed E-state index contributed by atoms with van der Waals surface area (Å²) >= 11 is 0. The number of nitrogens with zero attached hydrogens (tertiary/aromatic N) is 5. The summed E-state index contributed by atoms with van der Waals surface area (Å²) < 4.78 is 29.4. The number of nitriles is 1. The maximum atomic E-state index is 11.6. The van der Waals surface area contributed by atoms with E-state index in [1.807, 2.05) is 12.3 Å². The Balaban J connectivity index is 1.40. The molecule has 1 fully saturated rings. The maximum Gasteiger partial charge on any atom is 0.237 e. The highest BCUT2D eigenvalue weighted by Crippen LogP contribution is 2.27. The largest absolute Gasteiger partial charge is 0.473 e. The number of piperidine rings is 1. The fourth-order valence-electron chi connectivity index (χ4n) is 3.67. The van der Waals surface area contributed by atoms with Crippen LogP contribution in [0.4, 0.5) is 11.5 Å². The number of pyridine rings is 1. The summed E-state index contributed by atoms with van der Waals surface area (Å²) in [4.78, 5) is 15.1. The number of nitrogens with one attached hydrogen (secondary N) is 1. The van der Waals surface area contributed by atoms with Crippen LogP contribution in [0.25, 0.3) is 0 Å². The molecule has 0 aliphatic carbocycles. The summed E-state index contributed by atoms with van der Waals surface area (Å²) in [5.74, 6) is 0.553. The number of hydrogen-bond acceptors (Lipinski definition) is 9. The highest BCUT2D eigenvalue weighted by atomic mass is 32.2. The van der Waals surface area contributed by atoms with E-state index in [1.54, 1.807) is 18.3 Å². The van der Waals surface area contributed by atoms with Crippen molar-refractivity contribution >= 4 is 21.3 Å². The van der Waals surface area contributed by atoms with Gasteiger partial charge in [0.25, 0.3) is 0 Å². The predicted octanol–water partition coefficient (Wildman–Crippen LogP) is 2.93. The van der Waals surface area contributed by atoms with Crippen LogP contribution < -0.4 is 10.1 Å². The Kier molecular flexibility index (Phi) is 6.82. The minimum atomic E-state index is -3.28. The quantitative estimate of drug-likeness (QED) is 0.562. The van der Waals surface area contributed by atoms with E-state index < -0.39 is 9.84 Å². The van der Waals surface area contributed by atoms with Crippen molar-refractivity contribution in [1.82, 2.24) is 19.9 Å². The molecule has 3 aromatic rings. The van der Waals surface area contributed by atoms with Crippen LogP contribution in [0.3, 0.4) is 0 Å². The van der Waals surface area contributed by atoms with Gasteiger partial charge in [-0.15, -0.1) is 0 Å². The second-order valence-electron chi connectivity index (χ2n) is 7.89. The smallest absolute Gasteiger partial charge is 0.237 e. The van der Waals surface area contributed by atoms with Crippen molar-refractivity contribution in [2.45, 2.75) is 30.4 Å². The van der Waals surface area contributed by atoms with Crippen LogP contribution in [-0.4, -0.2) is 53.7 Å². The number of aromatic nitrogens is 3. The number of likely N-dealkylation sites (tertiary alicyclic amines) is 1. The second kappa shape index (κ2) is 9.94. The Morgan fingerprint density at radius 3 is 2.58 bits per heavy atom. The molecule has 4 rings (SSSR count). The number of anilines is 2. The van der Waals surface area contributed by atoms with Crippen molar-refractivity contribution in [1.29, 1.82) is 5.26 Å². The molecule has 9 nitrogen and oxygen atoms in total. The van der Waals surface area contributed by atoms with Crippen molar-refractivity contribution in [2.75, 3.05) is 24.7 Å². The monoisotopic (exact) mass is 464 g/mol. The number of sulfone groups is 1. The van der Waals surface area contributed by atoms with Gasteiger partial charge in [-0.1, -0.05) is 6.07 Å². The molecule has 2 aromatic heterocycles. The van der Waals surface area contributed by atoms with E-state index in [0.29, 0.717) is 11.5 Å². The van der Waals surface area contributed by atoms with Gasteiger partial charge in [-0.3, -0.25) is 9.88 Å². The number of benzene rings is 1. The lowest BCUT2D eigenvalue weighted by Gasteiger charge is -2.32. The molecule has 0 radical (unpaired) electrons. The van der Waals surface area contributed by atoms with Crippen LogP contribution in [0.15, 0.2) is 60.0 Å². The fourth-order valence-corrected chi connectivity index (χ4v) is 4.30. The normalized spacial score (nSPS) is 15.0. The van der Waals surface area contributed by atoms with E-state index in [9.17, 15) is 13.7 Å². The minimum absolute atomic E-state index is 0.0426. The highest BCUT2D eigenvalue weighted by Gasteiger charge is 2.23. The summed E-state index contributed by atoms with van der Waals surface area (Å²) in [5.41, 5.74) is 1.99. The van der Waals surface area contributed by atoms with E-state index in [2.05, 4.69) is 37.3 Å². The molecule has 1 aliphatic heterocycles. The first-order valence-electron chi connectivity index (χ1n) is 10.5. The van der Waals surface area contributed by atoms with Crippen molar-refractivity contribution in [3.05, 3.63) is 66.2 Å². The van der Waals surface area contributed by atoms with Gasteiger partial charge < -0.3 is 10.1 Å². The topological polar surface area (TPSA) is 121 Å². The molecular weight excluding hydrogens is 440 g/mol. The van der Waals surface area contributed by atoms with Gasteiger partial charge in [-0.25, -0.2) is 18.4 Å². The van der Waals surface area contributed by atoms with E-state index in [-0.39, 0.29) is 22.4 Å². The fraction of sp³-hybridized carbons (Fsp3) is 0.304. The first kappa shape index (κ1) is 22.6. The third-order valence-electron chi connectivity index (χ3n) is 5.41. The van der Waals surface area contributed by atoms with Gasteiger partial charge in [0.05, 0.1) is 4.90 Å². The zero-order valence-corrected chi connectivity index (χ0v) is 19.0. The van der Waals surface area contributed by atoms with Gasteiger partial charge in [0.1, 0.15) is 18.5 Å². The number of rotatable bonds is 7. The average molecular weight is 465 g/mol. The Hall–Kier alpha value is -3.55. The lowest BCUT2D eigenvalue weighted by molar-refractivity contribution is 0.0928. The van der Waals surface area contributed by atoms with E-state index in [4.69, 9.17) is 4.74 Å². The van der Waals surface area contributed by atoms with Crippen molar-refractivity contribution in [3.8, 4) is 11.9 Å². The Morgan fingerprint density at radius 1 is 1.18 bits per heavy atom. The summed E-state index contributed by atoms with van der Waals surface area (Å²) in [6.07, 6.45) is 7.76. The summed E-state index contributed by atoms with van der Waals surface area (Å²) in [6.45, 7) is 2.61. The van der Waals surface area contributed by atoms with Gasteiger partial charge in [0, 0.05) is 44.0 Å². The second-order valence-corrected chi connectivity index (χ2v) is 9.91. The lowest BCUT2D eigenvalue weighted by atomic mass is 10.1. The molecule has 1 saturated heterocycles. The van der Waals surface area contributed by atoms with Crippen LogP contribution in [0.5, 0.6) is 5.88 Å². The molecule has 170 valence electrons. The van der Waals surface area contributed by atoms with Crippen molar-refractivity contribution < 1.29 is 13.2 Å².